The summed E-state index contributed by atoms with van der Waals surface area (Å²) in [6.45, 7) is 12.6. The van der Waals surface area contributed by atoms with Gasteiger partial charge in [-0.2, -0.15) is 0 Å². The lowest BCUT2D eigenvalue weighted by Gasteiger charge is -2.37. The van der Waals surface area contributed by atoms with Gasteiger partial charge in [-0.1, -0.05) is 26.7 Å². The van der Waals surface area contributed by atoms with Crippen LogP contribution >= 0.6 is 0 Å². The normalized spacial score (nSPS) is 26.3. The number of hydrogen-bond acceptors (Lipinski definition) is 2. The molecule has 1 aliphatic rings. The zero-order chi connectivity index (χ0) is 14.6. The molecular formula is C16H32N2O. The average molecular weight is 268 g/mol. The average Bonchev–Trinajstić information content (AvgIpc) is 2.27. The first-order chi connectivity index (χ1) is 8.70. The van der Waals surface area contributed by atoms with Crippen molar-refractivity contribution in [2.75, 3.05) is 0 Å². The van der Waals surface area contributed by atoms with Crippen molar-refractivity contribution < 1.29 is 4.79 Å². The Balaban J connectivity index is 2.54. The zero-order valence-electron chi connectivity index (χ0n) is 13.5. The Morgan fingerprint density at radius 3 is 2.21 bits per heavy atom. The van der Waals surface area contributed by atoms with Crippen molar-refractivity contribution in [3.05, 3.63) is 0 Å². The van der Waals surface area contributed by atoms with Crippen LogP contribution < -0.4 is 10.6 Å². The second-order valence-corrected chi connectivity index (χ2v) is 7.43. The molecule has 2 N–H and O–H groups in total. The summed E-state index contributed by atoms with van der Waals surface area (Å²) in [6.07, 6.45) is 5.12. The standard InChI is InChI=1S/C16H32N2O/c1-11(2)13-9-7-8-10-14(13)17-12(3)15(19)18-16(4,5)6/h11-14,17H,7-10H2,1-6H3,(H,18,19). The molecule has 0 heterocycles. The number of rotatable bonds is 4. The SMILES string of the molecule is CC(NC1CCCCC1C(C)C)C(=O)NC(C)(C)C. The molecule has 3 heteroatoms. The summed E-state index contributed by atoms with van der Waals surface area (Å²) in [5, 5.41) is 6.61. The Morgan fingerprint density at radius 2 is 1.68 bits per heavy atom. The highest BCUT2D eigenvalue weighted by Gasteiger charge is 2.30. The van der Waals surface area contributed by atoms with Crippen LogP contribution in [0.5, 0.6) is 0 Å². The van der Waals surface area contributed by atoms with Crippen molar-refractivity contribution in [3.8, 4) is 0 Å². The maximum atomic E-state index is 12.1. The summed E-state index contributed by atoms with van der Waals surface area (Å²) in [6, 6.07) is 0.387. The Kier molecular flexibility index (Phi) is 5.84. The lowest BCUT2D eigenvalue weighted by Crippen LogP contribution is -2.54. The van der Waals surface area contributed by atoms with E-state index in [1.807, 2.05) is 27.7 Å². The second-order valence-electron chi connectivity index (χ2n) is 7.43. The van der Waals surface area contributed by atoms with Crippen LogP contribution in [0.4, 0.5) is 0 Å². The van der Waals surface area contributed by atoms with E-state index in [1.54, 1.807) is 0 Å². The first-order valence-corrected chi connectivity index (χ1v) is 7.79. The van der Waals surface area contributed by atoms with Crippen molar-refractivity contribution in [1.29, 1.82) is 0 Å². The fourth-order valence-electron chi connectivity index (χ4n) is 3.04. The largest absolute Gasteiger partial charge is 0.350 e. The van der Waals surface area contributed by atoms with Gasteiger partial charge in [0.15, 0.2) is 0 Å². The molecule has 0 bridgehead atoms. The molecule has 0 spiro atoms. The molecule has 1 amide bonds. The predicted octanol–water partition coefficient (Wildman–Crippen LogP) is 3.09. The Morgan fingerprint density at radius 1 is 1.11 bits per heavy atom. The minimum Gasteiger partial charge on any atom is -0.350 e. The molecular weight excluding hydrogens is 236 g/mol. The molecule has 1 aliphatic carbocycles. The number of carbonyl (C=O) groups excluding carboxylic acids is 1. The molecule has 19 heavy (non-hydrogen) atoms. The third-order valence-electron chi connectivity index (χ3n) is 4.03. The Hall–Kier alpha value is -0.570. The highest BCUT2D eigenvalue weighted by molar-refractivity contribution is 5.81. The Bertz CT molecular complexity index is 294. The van der Waals surface area contributed by atoms with Gasteiger partial charge in [-0.3, -0.25) is 4.79 Å². The summed E-state index contributed by atoms with van der Waals surface area (Å²) < 4.78 is 0. The smallest absolute Gasteiger partial charge is 0.237 e. The van der Waals surface area contributed by atoms with Gasteiger partial charge >= 0.3 is 0 Å². The van der Waals surface area contributed by atoms with E-state index in [1.165, 1.54) is 25.7 Å². The number of nitrogens with one attached hydrogen (secondary N) is 2. The topological polar surface area (TPSA) is 41.1 Å². The molecule has 3 unspecified atom stereocenters. The van der Waals surface area contributed by atoms with Crippen molar-refractivity contribution in [2.24, 2.45) is 11.8 Å². The first kappa shape index (κ1) is 16.5. The molecule has 0 radical (unpaired) electrons. The van der Waals surface area contributed by atoms with Gasteiger partial charge in [-0.25, -0.2) is 0 Å². The third kappa shape index (κ3) is 5.52. The molecule has 0 saturated heterocycles. The number of hydrogen-bond donors (Lipinski definition) is 2. The van der Waals surface area contributed by atoms with E-state index in [0.717, 1.165) is 0 Å². The van der Waals surface area contributed by atoms with Crippen LogP contribution in [0, 0.1) is 11.8 Å². The van der Waals surface area contributed by atoms with Crippen molar-refractivity contribution in [3.63, 3.8) is 0 Å². The fraction of sp³-hybridized carbons (Fsp3) is 0.938. The van der Waals surface area contributed by atoms with E-state index in [4.69, 9.17) is 0 Å². The van der Waals surface area contributed by atoms with Gasteiger partial charge < -0.3 is 10.6 Å². The molecule has 3 atom stereocenters. The lowest BCUT2D eigenvalue weighted by atomic mass is 9.77. The van der Waals surface area contributed by atoms with Gasteiger partial charge in [0.1, 0.15) is 0 Å². The summed E-state index contributed by atoms with van der Waals surface area (Å²) >= 11 is 0. The van der Waals surface area contributed by atoms with Crippen LogP contribution in [0.3, 0.4) is 0 Å². The zero-order valence-corrected chi connectivity index (χ0v) is 13.5. The molecule has 112 valence electrons. The Labute approximate surface area is 118 Å². The number of amides is 1. The van der Waals surface area contributed by atoms with Gasteiger partial charge in [-0.15, -0.1) is 0 Å². The highest BCUT2D eigenvalue weighted by Crippen LogP contribution is 2.30. The van der Waals surface area contributed by atoms with Gasteiger partial charge in [0.05, 0.1) is 6.04 Å². The minimum absolute atomic E-state index is 0.108. The molecule has 0 aliphatic heterocycles. The van der Waals surface area contributed by atoms with E-state index in [-0.39, 0.29) is 17.5 Å². The van der Waals surface area contributed by atoms with E-state index >= 15 is 0 Å². The van der Waals surface area contributed by atoms with Crippen LogP contribution in [-0.2, 0) is 4.79 Å². The predicted molar refractivity (Wildman–Crippen MR) is 81.1 cm³/mol. The minimum atomic E-state index is -0.156. The van der Waals surface area contributed by atoms with Crippen LogP contribution in [0.15, 0.2) is 0 Å². The molecule has 1 rings (SSSR count). The van der Waals surface area contributed by atoms with Crippen molar-refractivity contribution in [2.45, 2.75) is 84.8 Å². The molecule has 0 aromatic heterocycles. The van der Waals surface area contributed by atoms with E-state index < -0.39 is 0 Å². The fourth-order valence-corrected chi connectivity index (χ4v) is 3.04. The summed E-state index contributed by atoms with van der Waals surface area (Å²) in [5.41, 5.74) is -0.156. The first-order valence-electron chi connectivity index (χ1n) is 7.79. The highest BCUT2D eigenvalue weighted by atomic mass is 16.2. The van der Waals surface area contributed by atoms with Crippen LogP contribution in [0.25, 0.3) is 0 Å². The van der Waals surface area contributed by atoms with Crippen molar-refractivity contribution in [1.82, 2.24) is 10.6 Å². The molecule has 0 aromatic rings. The van der Waals surface area contributed by atoms with Crippen LogP contribution in [0.1, 0.15) is 67.2 Å². The molecule has 3 nitrogen and oxygen atoms in total. The molecule has 0 aromatic carbocycles. The van der Waals surface area contributed by atoms with E-state index in [0.29, 0.717) is 17.9 Å². The van der Waals surface area contributed by atoms with Crippen molar-refractivity contribution >= 4 is 5.91 Å². The summed E-state index contributed by atoms with van der Waals surface area (Å²) in [5.74, 6) is 1.51. The lowest BCUT2D eigenvalue weighted by molar-refractivity contribution is -0.124. The maximum Gasteiger partial charge on any atom is 0.237 e. The van der Waals surface area contributed by atoms with Crippen LogP contribution in [-0.4, -0.2) is 23.5 Å². The van der Waals surface area contributed by atoms with Gasteiger partial charge in [0.2, 0.25) is 5.91 Å². The summed E-state index contributed by atoms with van der Waals surface area (Å²) in [7, 11) is 0. The van der Waals surface area contributed by atoms with Crippen LogP contribution in [0.2, 0.25) is 0 Å². The number of carbonyl (C=O) groups is 1. The summed E-state index contributed by atoms with van der Waals surface area (Å²) in [4.78, 5) is 12.1. The quantitative estimate of drug-likeness (QED) is 0.822. The third-order valence-corrected chi connectivity index (χ3v) is 4.03. The second kappa shape index (κ2) is 6.74. The van der Waals surface area contributed by atoms with Gasteiger partial charge in [-0.05, 0) is 52.4 Å². The molecule has 1 fully saturated rings. The maximum absolute atomic E-state index is 12.1. The molecule has 1 saturated carbocycles. The van der Waals surface area contributed by atoms with E-state index in [2.05, 4.69) is 24.5 Å². The van der Waals surface area contributed by atoms with E-state index in [9.17, 15) is 4.79 Å². The monoisotopic (exact) mass is 268 g/mol. The van der Waals surface area contributed by atoms with Gasteiger partial charge in [0.25, 0.3) is 0 Å². The van der Waals surface area contributed by atoms with Gasteiger partial charge in [0, 0.05) is 11.6 Å².